The van der Waals surface area contributed by atoms with Crippen molar-refractivity contribution in [1.29, 1.82) is 0 Å². The fourth-order valence-electron chi connectivity index (χ4n) is 1.45. The Balaban J connectivity index is 2.16. The first-order valence-corrected chi connectivity index (χ1v) is 5.57. The molecule has 0 atom stereocenters. The third-order valence-corrected chi connectivity index (χ3v) is 2.39. The molecule has 1 heterocycles. The van der Waals surface area contributed by atoms with Crippen molar-refractivity contribution in [3.05, 3.63) is 41.5 Å². The van der Waals surface area contributed by atoms with E-state index in [-0.39, 0.29) is 5.69 Å². The Labute approximate surface area is 111 Å². The van der Waals surface area contributed by atoms with Crippen LogP contribution in [0, 0.1) is 17.5 Å². The molecule has 1 amide bonds. The maximum Gasteiger partial charge on any atom is 0.277 e. The minimum absolute atomic E-state index is 0.0948. The summed E-state index contributed by atoms with van der Waals surface area (Å²) in [5.41, 5.74) is 4.73. The monoisotopic (exact) mass is 285 g/mol. The Morgan fingerprint density at radius 2 is 1.95 bits per heavy atom. The van der Waals surface area contributed by atoms with Gasteiger partial charge in [-0.2, -0.15) is 0 Å². The zero-order chi connectivity index (χ0) is 14.7. The van der Waals surface area contributed by atoms with Gasteiger partial charge in [0.25, 0.3) is 5.91 Å². The van der Waals surface area contributed by atoms with E-state index in [0.29, 0.717) is 25.2 Å². The number of halogens is 3. The van der Waals surface area contributed by atoms with Crippen LogP contribution < -0.4 is 11.1 Å². The second kappa shape index (κ2) is 5.70. The number of amides is 1. The van der Waals surface area contributed by atoms with E-state index in [1.807, 2.05) is 0 Å². The first-order valence-electron chi connectivity index (χ1n) is 5.57. The maximum atomic E-state index is 13.4. The number of aromatic nitrogens is 3. The van der Waals surface area contributed by atoms with E-state index in [9.17, 15) is 18.0 Å². The van der Waals surface area contributed by atoms with Gasteiger partial charge in [0.1, 0.15) is 5.82 Å². The molecular formula is C11H10F3N5O. The molecule has 20 heavy (non-hydrogen) atoms. The molecule has 0 unspecified atom stereocenters. The van der Waals surface area contributed by atoms with E-state index in [1.165, 1.54) is 10.9 Å². The molecule has 0 radical (unpaired) electrons. The molecule has 2 aromatic rings. The lowest BCUT2D eigenvalue weighted by Crippen LogP contribution is -2.14. The maximum absolute atomic E-state index is 13.4. The van der Waals surface area contributed by atoms with Gasteiger partial charge in [-0.1, -0.05) is 5.21 Å². The van der Waals surface area contributed by atoms with Crippen molar-refractivity contribution in [3.63, 3.8) is 0 Å². The number of anilines is 1. The SMILES string of the molecule is NCCn1cc(C(=O)Nc2cc(F)c(F)cc2F)nn1. The lowest BCUT2D eigenvalue weighted by Gasteiger charge is -2.05. The first-order chi connectivity index (χ1) is 9.51. The molecule has 2 rings (SSSR count). The Morgan fingerprint density at radius 3 is 2.65 bits per heavy atom. The van der Waals surface area contributed by atoms with Crippen LogP contribution >= 0.6 is 0 Å². The van der Waals surface area contributed by atoms with Gasteiger partial charge in [-0.3, -0.25) is 9.48 Å². The smallest absolute Gasteiger partial charge is 0.277 e. The predicted molar refractivity (Wildman–Crippen MR) is 63.3 cm³/mol. The van der Waals surface area contributed by atoms with Gasteiger partial charge in [-0.25, -0.2) is 13.2 Å². The van der Waals surface area contributed by atoms with E-state index < -0.39 is 29.0 Å². The van der Waals surface area contributed by atoms with Crippen molar-refractivity contribution in [2.24, 2.45) is 5.73 Å². The highest BCUT2D eigenvalue weighted by atomic mass is 19.2. The molecule has 0 fully saturated rings. The lowest BCUT2D eigenvalue weighted by molar-refractivity contribution is 0.102. The molecule has 0 saturated heterocycles. The van der Waals surface area contributed by atoms with Gasteiger partial charge in [0.2, 0.25) is 0 Å². The van der Waals surface area contributed by atoms with Gasteiger partial charge in [-0.05, 0) is 0 Å². The van der Waals surface area contributed by atoms with Crippen LogP contribution in [-0.2, 0) is 6.54 Å². The molecule has 0 aliphatic carbocycles. The summed E-state index contributed by atoms with van der Waals surface area (Å²) in [6, 6.07) is 0.892. The molecule has 0 spiro atoms. The summed E-state index contributed by atoms with van der Waals surface area (Å²) in [6.07, 6.45) is 1.31. The molecular weight excluding hydrogens is 275 g/mol. The number of nitrogens with one attached hydrogen (secondary N) is 1. The average molecular weight is 285 g/mol. The fraction of sp³-hybridized carbons (Fsp3) is 0.182. The van der Waals surface area contributed by atoms with Crippen LogP contribution in [0.2, 0.25) is 0 Å². The number of nitrogens with two attached hydrogens (primary N) is 1. The van der Waals surface area contributed by atoms with E-state index in [1.54, 1.807) is 0 Å². The summed E-state index contributed by atoms with van der Waals surface area (Å²) < 4.78 is 40.4. The first kappa shape index (κ1) is 14.0. The molecule has 0 bridgehead atoms. The summed E-state index contributed by atoms with van der Waals surface area (Å²) in [7, 11) is 0. The fourth-order valence-corrected chi connectivity index (χ4v) is 1.45. The number of rotatable bonds is 4. The number of benzene rings is 1. The van der Waals surface area contributed by atoms with Crippen molar-refractivity contribution in [2.45, 2.75) is 6.54 Å². The second-order valence-electron chi connectivity index (χ2n) is 3.86. The van der Waals surface area contributed by atoms with Crippen LogP contribution in [0.3, 0.4) is 0 Å². The zero-order valence-electron chi connectivity index (χ0n) is 10.1. The Hall–Kier alpha value is -2.42. The summed E-state index contributed by atoms with van der Waals surface area (Å²) in [5, 5.41) is 9.26. The average Bonchev–Trinajstić information content (AvgIpc) is 2.85. The normalized spacial score (nSPS) is 10.6. The molecule has 0 aliphatic rings. The lowest BCUT2D eigenvalue weighted by atomic mass is 10.2. The van der Waals surface area contributed by atoms with Gasteiger partial charge in [-0.15, -0.1) is 5.10 Å². The van der Waals surface area contributed by atoms with E-state index in [0.717, 1.165) is 0 Å². The topological polar surface area (TPSA) is 85.8 Å². The molecule has 1 aromatic heterocycles. The molecule has 3 N–H and O–H groups in total. The highest BCUT2D eigenvalue weighted by molar-refractivity contribution is 6.02. The van der Waals surface area contributed by atoms with Gasteiger partial charge < -0.3 is 11.1 Å². The Kier molecular flexibility index (Phi) is 3.99. The van der Waals surface area contributed by atoms with Crippen LogP contribution in [0.15, 0.2) is 18.3 Å². The predicted octanol–water partition coefficient (Wildman–Crippen LogP) is 0.906. The van der Waals surface area contributed by atoms with Crippen LogP contribution in [0.4, 0.5) is 18.9 Å². The van der Waals surface area contributed by atoms with Crippen molar-refractivity contribution >= 4 is 11.6 Å². The minimum Gasteiger partial charge on any atom is -0.329 e. The zero-order valence-corrected chi connectivity index (χ0v) is 10.1. The highest BCUT2D eigenvalue weighted by Crippen LogP contribution is 2.18. The number of carbonyl (C=O) groups is 1. The van der Waals surface area contributed by atoms with Crippen LogP contribution in [0.5, 0.6) is 0 Å². The summed E-state index contributed by atoms with van der Waals surface area (Å²) in [4.78, 5) is 11.7. The number of carbonyl (C=O) groups excluding carboxylic acids is 1. The van der Waals surface area contributed by atoms with Gasteiger partial charge >= 0.3 is 0 Å². The molecule has 0 aliphatic heterocycles. The number of hydrogen-bond donors (Lipinski definition) is 2. The van der Waals surface area contributed by atoms with E-state index in [4.69, 9.17) is 5.73 Å². The quantitative estimate of drug-likeness (QED) is 0.817. The highest BCUT2D eigenvalue weighted by Gasteiger charge is 2.15. The standard InChI is InChI=1S/C11H10F3N5O/c12-6-3-8(14)9(4-7(6)13)16-11(20)10-5-19(2-1-15)18-17-10/h3-5H,1-2,15H2,(H,16,20). The van der Waals surface area contributed by atoms with Crippen molar-refractivity contribution in [2.75, 3.05) is 11.9 Å². The Morgan fingerprint density at radius 1 is 1.25 bits per heavy atom. The van der Waals surface area contributed by atoms with Crippen molar-refractivity contribution < 1.29 is 18.0 Å². The molecule has 106 valence electrons. The van der Waals surface area contributed by atoms with Gasteiger partial charge in [0, 0.05) is 18.7 Å². The molecule has 1 aromatic carbocycles. The van der Waals surface area contributed by atoms with Crippen LogP contribution in [0.1, 0.15) is 10.5 Å². The largest absolute Gasteiger partial charge is 0.329 e. The minimum atomic E-state index is -1.34. The van der Waals surface area contributed by atoms with E-state index in [2.05, 4.69) is 15.6 Å². The number of hydrogen-bond acceptors (Lipinski definition) is 4. The Bertz CT molecular complexity index is 643. The molecule has 9 heteroatoms. The molecule has 6 nitrogen and oxygen atoms in total. The van der Waals surface area contributed by atoms with Crippen LogP contribution in [0.25, 0.3) is 0 Å². The van der Waals surface area contributed by atoms with Gasteiger partial charge in [0.05, 0.1) is 18.4 Å². The third-order valence-electron chi connectivity index (χ3n) is 2.39. The van der Waals surface area contributed by atoms with Gasteiger partial charge in [0.15, 0.2) is 17.3 Å². The van der Waals surface area contributed by atoms with Crippen molar-refractivity contribution in [1.82, 2.24) is 15.0 Å². The summed E-state index contributed by atoms with van der Waals surface area (Å²) >= 11 is 0. The summed E-state index contributed by atoms with van der Waals surface area (Å²) in [6.45, 7) is 0.669. The van der Waals surface area contributed by atoms with Crippen LogP contribution in [-0.4, -0.2) is 27.4 Å². The van der Waals surface area contributed by atoms with E-state index >= 15 is 0 Å². The molecule has 0 saturated carbocycles. The third kappa shape index (κ3) is 2.94. The van der Waals surface area contributed by atoms with Crippen molar-refractivity contribution in [3.8, 4) is 0 Å². The number of nitrogens with zero attached hydrogens (tertiary/aromatic N) is 3. The second-order valence-corrected chi connectivity index (χ2v) is 3.86. The summed E-state index contributed by atoms with van der Waals surface area (Å²) in [5.74, 6) is -4.49.